The Bertz CT molecular complexity index is 1280. The van der Waals surface area contributed by atoms with Gasteiger partial charge in [-0.05, 0) is 50.4 Å². The molecule has 0 fully saturated rings. The van der Waals surface area contributed by atoms with Crippen molar-refractivity contribution in [3.8, 4) is 28.3 Å². The lowest BCUT2D eigenvalue weighted by Gasteiger charge is -2.36. The molecular weight excluding hydrogens is 452 g/mol. The minimum Gasteiger partial charge on any atom is -0.482 e. The van der Waals surface area contributed by atoms with Gasteiger partial charge in [-0.3, -0.25) is 4.90 Å². The van der Waals surface area contributed by atoms with E-state index in [1.807, 2.05) is 60.7 Å². The minimum absolute atomic E-state index is 0.0792. The Morgan fingerprint density at radius 1 is 1.06 bits per heavy atom. The van der Waals surface area contributed by atoms with Crippen LogP contribution in [0.5, 0.6) is 5.75 Å². The van der Waals surface area contributed by atoms with E-state index in [0.717, 1.165) is 47.4 Å². The number of aliphatic carboxylic acids is 1. The van der Waals surface area contributed by atoms with Crippen molar-refractivity contribution >= 4 is 5.97 Å². The number of hydrogen-bond acceptors (Lipinski definition) is 5. The van der Waals surface area contributed by atoms with Crippen molar-refractivity contribution in [2.75, 3.05) is 13.7 Å². The number of aromatic nitrogens is 1. The quantitative estimate of drug-likeness (QED) is 0.307. The summed E-state index contributed by atoms with van der Waals surface area (Å²) in [5.41, 5.74) is 5.12. The second kappa shape index (κ2) is 10.4. The van der Waals surface area contributed by atoms with E-state index in [2.05, 4.69) is 37.1 Å². The fourth-order valence-electron chi connectivity index (χ4n) is 5.02. The Kier molecular flexibility index (Phi) is 6.87. The number of fused-ring (bicyclic) bond motifs is 1. The van der Waals surface area contributed by atoms with Crippen molar-refractivity contribution in [2.24, 2.45) is 0 Å². The van der Waals surface area contributed by atoms with Crippen LogP contribution >= 0.6 is 0 Å². The van der Waals surface area contributed by atoms with Gasteiger partial charge in [0.1, 0.15) is 11.4 Å². The Hall–Kier alpha value is -3.90. The number of benzene rings is 3. The van der Waals surface area contributed by atoms with E-state index in [4.69, 9.17) is 19.2 Å². The number of carboxylic acids is 1. The van der Waals surface area contributed by atoms with Gasteiger partial charge in [0.2, 0.25) is 5.89 Å². The summed E-state index contributed by atoms with van der Waals surface area (Å²) in [6, 6.07) is 26.2. The van der Waals surface area contributed by atoms with Gasteiger partial charge < -0.3 is 14.3 Å². The minimum atomic E-state index is -0.974. The molecule has 6 heteroatoms. The summed E-state index contributed by atoms with van der Waals surface area (Å²) in [5.74, 6) is 1.12. The van der Waals surface area contributed by atoms with E-state index in [0.29, 0.717) is 11.6 Å². The maximum Gasteiger partial charge on any atom is 0.341 e. The van der Waals surface area contributed by atoms with Gasteiger partial charge in [0, 0.05) is 17.2 Å². The zero-order valence-corrected chi connectivity index (χ0v) is 20.6. The lowest BCUT2D eigenvalue weighted by Crippen LogP contribution is -2.30. The van der Waals surface area contributed by atoms with Crippen LogP contribution in [-0.4, -0.2) is 34.6 Å². The summed E-state index contributed by atoms with van der Waals surface area (Å²) < 4.78 is 12.1. The summed E-state index contributed by atoms with van der Waals surface area (Å²) in [7, 11) is 2.10. The predicted octanol–water partition coefficient (Wildman–Crippen LogP) is 6.54. The lowest BCUT2D eigenvalue weighted by atomic mass is 9.86. The molecule has 0 aliphatic heterocycles. The fraction of sp³-hybridized carbons (Fsp3) is 0.267. The first-order chi connectivity index (χ1) is 17.5. The molecule has 0 spiro atoms. The van der Waals surface area contributed by atoms with E-state index in [1.54, 1.807) is 0 Å². The number of oxazole rings is 1. The maximum absolute atomic E-state index is 11.0. The molecule has 1 N–H and O–H groups in total. The third-order valence-electron chi connectivity index (χ3n) is 6.97. The van der Waals surface area contributed by atoms with E-state index < -0.39 is 5.97 Å². The smallest absolute Gasteiger partial charge is 0.341 e. The second-order valence-corrected chi connectivity index (χ2v) is 9.22. The molecule has 0 radical (unpaired) electrons. The first-order valence-corrected chi connectivity index (χ1v) is 12.3. The highest BCUT2D eigenvalue weighted by Crippen LogP contribution is 2.42. The summed E-state index contributed by atoms with van der Waals surface area (Å²) in [4.78, 5) is 18.3. The van der Waals surface area contributed by atoms with Crippen molar-refractivity contribution in [1.82, 2.24) is 9.88 Å². The molecule has 1 aliphatic carbocycles. The van der Waals surface area contributed by atoms with Crippen molar-refractivity contribution in [2.45, 2.75) is 38.3 Å². The molecule has 6 nitrogen and oxygen atoms in total. The Labute approximate surface area is 211 Å². The molecule has 0 saturated carbocycles. The van der Waals surface area contributed by atoms with Crippen molar-refractivity contribution < 1.29 is 19.1 Å². The molecule has 2 unspecified atom stereocenters. The Balaban J connectivity index is 1.48. The average Bonchev–Trinajstić information content (AvgIpc) is 3.37. The van der Waals surface area contributed by atoms with Crippen LogP contribution in [0.15, 0.2) is 83.3 Å². The number of rotatable bonds is 8. The van der Waals surface area contributed by atoms with E-state index in [-0.39, 0.29) is 18.7 Å². The zero-order valence-electron chi connectivity index (χ0n) is 20.6. The molecule has 3 aromatic carbocycles. The van der Waals surface area contributed by atoms with E-state index >= 15 is 0 Å². The van der Waals surface area contributed by atoms with Crippen molar-refractivity contribution in [3.05, 3.63) is 95.9 Å². The first-order valence-electron chi connectivity index (χ1n) is 12.3. The molecule has 2 atom stereocenters. The highest BCUT2D eigenvalue weighted by Gasteiger charge is 2.31. The molecular formula is C30H30N2O4. The molecule has 0 amide bonds. The molecule has 1 aliphatic rings. The lowest BCUT2D eigenvalue weighted by molar-refractivity contribution is -0.139. The summed E-state index contributed by atoms with van der Waals surface area (Å²) in [5, 5.41) is 9.06. The SMILES string of the molecule is CC(c1nc(-c2ccccc2)c(-c2ccccc2)o1)N(C)C1CCCc2c(OCC(=O)O)cccc21. The number of carboxylic acid groups (broad SMARTS) is 1. The fourth-order valence-corrected chi connectivity index (χ4v) is 5.02. The zero-order chi connectivity index (χ0) is 25.1. The van der Waals surface area contributed by atoms with Gasteiger partial charge in [-0.1, -0.05) is 72.8 Å². The van der Waals surface area contributed by atoms with Crippen LogP contribution in [0.1, 0.15) is 48.9 Å². The summed E-state index contributed by atoms with van der Waals surface area (Å²) >= 11 is 0. The molecule has 184 valence electrons. The summed E-state index contributed by atoms with van der Waals surface area (Å²) in [6.45, 7) is 1.78. The number of hydrogen-bond donors (Lipinski definition) is 1. The standard InChI is InChI=1S/C30H30N2O4/c1-20(32(2)25-17-9-16-24-23(25)15-10-18-26(24)35-19-27(33)34)30-31-28(21-11-5-3-6-12-21)29(36-30)22-13-7-4-8-14-22/h3-8,10-15,18,20,25H,9,16-17,19H2,1-2H3,(H,33,34). The third-order valence-corrected chi connectivity index (χ3v) is 6.97. The molecule has 5 rings (SSSR count). The maximum atomic E-state index is 11.0. The number of ether oxygens (including phenoxy) is 1. The van der Waals surface area contributed by atoms with Crippen LogP contribution in [0.4, 0.5) is 0 Å². The van der Waals surface area contributed by atoms with Gasteiger partial charge in [0.25, 0.3) is 0 Å². The predicted molar refractivity (Wildman–Crippen MR) is 139 cm³/mol. The van der Waals surface area contributed by atoms with Crippen LogP contribution in [0, 0.1) is 0 Å². The van der Waals surface area contributed by atoms with Gasteiger partial charge in [-0.25, -0.2) is 9.78 Å². The molecule has 0 bridgehead atoms. The molecule has 36 heavy (non-hydrogen) atoms. The van der Waals surface area contributed by atoms with Crippen LogP contribution in [0.2, 0.25) is 0 Å². The monoisotopic (exact) mass is 482 g/mol. The normalized spacial score (nSPS) is 15.9. The molecule has 0 saturated heterocycles. The van der Waals surface area contributed by atoms with Crippen LogP contribution in [0.25, 0.3) is 22.6 Å². The topological polar surface area (TPSA) is 75.8 Å². The van der Waals surface area contributed by atoms with Crippen LogP contribution < -0.4 is 4.74 Å². The Morgan fingerprint density at radius 3 is 2.44 bits per heavy atom. The van der Waals surface area contributed by atoms with Gasteiger partial charge in [-0.15, -0.1) is 0 Å². The van der Waals surface area contributed by atoms with Crippen molar-refractivity contribution in [3.63, 3.8) is 0 Å². The highest BCUT2D eigenvalue weighted by atomic mass is 16.5. The van der Waals surface area contributed by atoms with Gasteiger partial charge >= 0.3 is 5.97 Å². The number of nitrogens with zero attached hydrogens (tertiary/aromatic N) is 2. The number of carbonyl (C=O) groups is 1. The van der Waals surface area contributed by atoms with Crippen LogP contribution in [-0.2, 0) is 11.2 Å². The van der Waals surface area contributed by atoms with E-state index in [1.165, 1.54) is 5.56 Å². The van der Waals surface area contributed by atoms with Crippen LogP contribution in [0.3, 0.4) is 0 Å². The van der Waals surface area contributed by atoms with E-state index in [9.17, 15) is 4.79 Å². The molecule has 4 aromatic rings. The first kappa shape index (κ1) is 23.8. The molecule has 1 aromatic heterocycles. The second-order valence-electron chi connectivity index (χ2n) is 9.22. The average molecular weight is 483 g/mol. The molecule has 1 heterocycles. The van der Waals surface area contributed by atoms with Gasteiger partial charge in [0.15, 0.2) is 12.4 Å². The van der Waals surface area contributed by atoms with Gasteiger partial charge in [-0.2, -0.15) is 0 Å². The highest BCUT2D eigenvalue weighted by molar-refractivity contribution is 5.76. The largest absolute Gasteiger partial charge is 0.482 e. The third kappa shape index (κ3) is 4.77. The van der Waals surface area contributed by atoms with Crippen molar-refractivity contribution in [1.29, 1.82) is 0 Å². The van der Waals surface area contributed by atoms with Gasteiger partial charge in [0.05, 0.1) is 6.04 Å². The summed E-state index contributed by atoms with van der Waals surface area (Å²) in [6.07, 6.45) is 2.87. The Morgan fingerprint density at radius 2 is 1.75 bits per heavy atom.